The molecule has 0 aliphatic rings. The van der Waals surface area contributed by atoms with Crippen LogP contribution in [-0.2, 0) is 14.3 Å². The molecule has 4 nitrogen and oxygen atoms in total. The highest BCUT2D eigenvalue weighted by molar-refractivity contribution is 9.10. The van der Waals surface area contributed by atoms with E-state index < -0.39 is 5.97 Å². The molecular formula is C13H14BrNO3. The van der Waals surface area contributed by atoms with Crippen molar-refractivity contribution in [3.8, 4) is 0 Å². The summed E-state index contributed by atoms with van der Waals surface area (Å²) in [4.78, 5) is 23.9. The summed E-state index contributed by atoms with van der Waals surface area (Å²) in [5, 5.41) is 0. The first-order valence-corrected chi connectivity index (χ1v) is 6.08. The second-order valence-electron chi connectivity index (χ2n) is 3.66. The van der Waals surface area contributed by atoms with E-state index in [0.29, 0.717) is 0 Å². The van der Waals surface area contributed by atoms with Crippen LogP contribution in [0.2, 0.25) is 0 Å². The van der Waals surface area contributed by atoms with Gasteiger partial charge in [0, 0.05) is 17.6 Å². The average molecular weight is 312 g/mol. The lowest BCUT2D eigenvalue weighted by Gasteiger charge is -2.12. The zero-order valence-electron chi connectivity index (χ0n) is 10.2. The minimum Gasteiger partial charge on any atom is -0.468 e. The molecule has 1 aromatic carbocycles. The Morgan fingerprint density at radius 1 is 1.33 bits per heavy atom. The summed E-state index contributed by atoms with van der Waals surface area (Å²) in [6.07, 6.45) is 3.12. The van der Waals surface area contributed by atoms with Crippen molar-refractivity contribution in [1.82, 2.24) is 4.90 Å². The number of likely N-dealkylation sites (N-methyl/N-ethyl adjacent to an activating group) is 1. The number of carbonyl (C=O) groups excluding carboxylic acids is 2. The monoisotopic (exact) mass is 311 g/mol. The quantitative estimate of drug-likeness (QED) is 0.632. The van der Waals surface area contributed by atoms with Gasteiger partial charge in [0.05, 0.1) is 7.11 Å². The molecule has 0 saturated heterocycles. The molecule has 0 spiro atoms. The largest absolute Gasteiger partial charge is 0.468 e. The number of benzene rings is 1. The van der Waals surface area contributed by atoms with Crippen LogP contribution < -0.4 is 0 Å². The van der Waals surface area contributed by atoms with Crippen molar-refractivity contribution in [2.24, 2.45) is 0 Å². The van der Waals surface area contributed by atoms with Crippen LogP contribution >= 0.6 is 15.9 Å². The first kappa shape index (κ1) is 14.4. The Balaban J connectivity index is 2.58. The second kappa shape index (κ2) is 6.96. The topological polar surface area (TPSA) is 46.6 Å². The first-order valence-electron chi connectivity index (χ1n) is 5.28. The van der Waals surface area contributed by atoms with Crippen LogP contribution in [0.4, 0.5) is 0 Å². The maximum Gasteiger partial charge on any atom is 0.325 e. The Morgan fingerprint density at radius 2 is 1.94 bits per heavy atom. The van der Waals surface area contributed by atoms with Gasteiger partial charge in [-0.15, -0.1) is 0 Å². The third-order valence-corrected chi connectivity index (χ3v) is 2.79. The lowest BCUT2D eigenvalue weighted by Crippen LogP contribution is -2.31. The van der Waals surface area contributed by atoms with Crippen molar-refractivity contribution in [3.63, 3.8) is 0 Å². The van der Waals surface area contributed by atoms with E-state index in [0.717, 1.165) is 10.0 Å². The molecule has 0 fully saturated rings. The van der Waals surface area contributed by atoms with Crippen molar-refractivity contribution >= 4 is 33.9 Å². The fourth-order valence-corrected chi connectivity index (χ4v) is 1.47. The van der Waals surface area contributed by atoms with Gasteiger partial charge in [-0.1, -0.05) is 28.1 Å². The van der Waals surface area contributed by atoms with E-state index in [9.17, 15) is 9.59 Å². The minimum absolute atomic E-state index is 0.0555. The third kappa shape index (κ3) is 4.71. The van der Waals surface area contributed by atoms with Gasteiger partial charge in [0.25, 0.3) is 0 Å². The van der Waals surface area contributed by atoms with E-state index in [4.69, 9.17) is 0 Å². The fraction of sp³-hybridized carbons (Fsp3) is 0.231. The number of ether oxygens (including phenoxy) is 1. The first-order chi connectivity index (χ1) is 8.52. The van der Waals surface area contributed by atoms with Crippen LogP contribution in [-0.4, -0.2) is 37.5 Å². The third-order valence-electron chi connectivity index (χ3n) is 2.26. The van der Waals surface area contributed by atoms with Crippen molar-refractivity contribution in [2.75, 3.05) is 20.7 Å². The van der Waals surface area contributed by atoms with Gasteiger partial charge in [-0.3, -0.25) is 9.59 Å². The molecular weight excluding hydrogens is 298 g/mol. The van der Waals surface area contributed by atoms with Crippen molar-refractivity contribution < 1.29 is 14.3 Å². The van der Waals surface area contributed by atoms with Gasteiger partial charge in [0.2, 0.25) is 5.91 Å². The Bertz CT molecular complexity index is 454. The van der Waals surface area contributed by atoms with E-state index >= 15 is 0 Å². The van der Waals surface area contributed by atoms with Crippen LogP contribution in [0.5, 0.6) is 0 Å². The maximum absolute atomic E-state index is 11.7. The predicted octanol–water partition coefficient (Wildman–Crippen LogP) is 2.09. The smallest absolute Gasteiger partial charge is 0.325 e. The number of carbonyl (C=O) groups is 2. The average Bonchev–Trinajstić information content (AvgIpc) is 2.37. The highest BCUT2D eigenvalue weighted by atomic mass is 79.9. The summed E-state index contributed by atoms with van der Waals surface area (Å²) in [5.74, 6) is -0.689. The minimum atomic E-state index is -0.442. The van der Waals surface area contributed by atoms with Gasteiger partial charge in [-0.2, -0.15) is 0 Å². The molecule has 96 valence electrons. The second-order valence-corrected chi connectivity index (χ2v) is 4.57. The Kier molecular flexibility index (Phi) is 5.58. The molecule has 1 amide bonds. The van der Waals surface area contributed by atoms with Crippen LogP contribution in [0, 0.1) is 0 Å². The van der Waals surface area contributed by atoms with Gasteiger partial charge < -0.3 is 9.64 Å². The summed E-state index contributed by atoms with van der Waals surface area (Å²) < 4.78 is 5.47. The van der Waals surface area contributed by atoms with Crippen molar-refractivity contribution in [3.05, 3.63) is 40.4 Å². The zero-order valence-corrected chi connectivity index (χ0v) is 11.8. The Morgan fingerprint density at radius 3 is 2.50 bits per heavy atom. The van der Waals surface area contributed by atoms with Crippen LogP contribution in [0.3, 0.4) is 0 Å². The molecule has 0 aliphatic heterocycles. The summed E-state index contributed by atoms with van der Waals surface area (Å²) in [6, 6.07) is 7.55. The van der Waals surface area contributed by atoms with Crippen molar-refractivity contribution in [1.29, 1.82) is 0 Å². The zero-order chi connectivity index (χ0) is 13.5. The molecule has 18 heavy (non-hydrogen) atoms. The fourth-order valence-electron chi connectivity index (χ4n) is 1.20. The molecule has 0 unspecified atom stereocenters. The van der Waals surface area contributed by atoms with Gasteiger partial charge in [0.15, 0.2) is 0 Å². The molecule has 0 heterocycles. The number of rotatable bonds is 4. The standard InChI is InChI=1S/C13H14BrNO3/c1-15(9-13(17)18-2)12(16)8-5-10-3-6-11(14)7-4-10/h3-8H,9H2,1-2H3/b8-5+. The molecule has 5 heteroatoms. The van der Waals surface area contributed by atoms with E-state index in [1.165, 1.54) is 18.1 Å². The number of halogens is 1. The normalized spacial score (nSPS) is 10.4. The maximum atomic E-state index is 11.7. The molecule has 0 saturated carbocycles. The highest BCUT2D eigenvalue weighted by Crippen LogP contribution is 2.11. The molecule has 0 aromatic heterocycles. The lowest BCUT2D eigenvalue weighted by atomic mass is 10.2. The highest BCUT2D eigenvalue weighted by Gasteiger charge is 2.09. The number of methoxy groups -OCH3 is 1. The number of hydrogen-bond acceptors (Lipinski definition) is 3. The molecule has 1 rings (SSSR count). The molecule has 0 atom stereocenters. The lowest BCUT2D eigenvalue weighted by molar-refractivity contribution is -0.144. The molecule has 1 aromatic rings. The van der Waals surface area contributed by atoms with Crippen LogP contribution in [0.25, 0.3) is 6.08 Å². The summed E-state index contributed by atoms with van der Waals surface area (Å²) in [6.45, 7) is -0.0555. The van der Waals surface area contributed by atoms with Gasteiger partial charge in [0.1, 0.15) is 6.54 Å². The Hall–Kier alpha value is -1.62. The van der Waals surface area contributed by atoms with E-state index in [2.05, 4.69) is 20.7 Å². The Labute approximate surface area is 114 Å². The van der Waals surface area contributed by atoms with Crippen molar-refractivity contribution in [2.45, 2.75) is 0 Å². The summed E-state index contributed by atoms with van der Waals surface area (Å²) in [7, 11) is 2.84. The van der Waals surface area contributed by atoms with Crippen LogP contribution in [0.1, 0.15) is 5.56 Å². The van der Waals surface area contributed by atoms with E-state index in [-0.39, 0.29) is 12.5 Å². The van der Waals surface area contributed by atoms with Gasteiger partial charge >= 0.3 is 5.97 Å². The van der Waals surface area contributed by atoms with Gasteiger partial charge in [-0.05, 0) is 23.8 Å². The molecule has 0 bridgehead atoms. The van der Waals surface area contributed by atoms with Crippen LogP contribution in [0.15, 0.2) is 34.8 Å². The SMILES string of the molecule is COC(=O)CN(C)C(=O)/C=C/c1ccc(Br)cc1. The predicted molar refractivity (Wildman–Crippen MR) is 72.8 cm³/mol. The molecule has 0 N–H and O–H groups in total. The number of amides is 1. The summed E-state index contributed by atoms with van der Waals surface area (Å²) in [5.41, 5.74) is 0.915. The number of esters is 1. The van der Waals surface area contributed by atoms with E-state index in [1.54, 1.807) is 13.1 Å². The van der Waals surface area contributed by atoms with E-state index in [1.807, 2.05) is 24.3 Å². The molecule has 0 radical (unpaired) electrons. The number of hydrogen-bond donors (Lipinski definition) is 0. The number of nitrogens with zero attached hydrogens (tertiary/aromatic N) is 1. The molecule has 0 aliphatic carbocycles. The summed E-state index contributed by atoms with van der Waals surface area (Å²) >= 11 is 3.33. The van der Waals surface area contributed by atoms with Gasteiger partial charge in [-0.25, -0.2) is 0 Å².